The highest BCUT2D eigenvalue weighted by atomic mass is 32.1. The van der Waals surface area contributed by atoms with E-state index in [-0.39, 0.29) is 0 Å². The molecule has 0 aliphatic rings. The molecule has 0 unspecified atom stereocenters. The first-order valence-electron chi connectivity index (χ1n) is 5.59. The molecular formula is C11H15N5OS. The predicted molar refractivity (Wildman–Crippen MR) is 70.4 cm³/mol. The minimum absolute atomic E-state index is 0.329. The van der Waals surface area contributed by atoms with Crippen LogP contribution in [0, 0.1) is 6.92 Å². The van der Waals surface area contributed by atoms with Crippen molar-refractivity contribution in [2.75, 3.05) is 6.54 Å². The normalized spacial score (nSPS) is 11.7. The van der Waals surface area contributed by atoms with E-state index in [2.05, 4.69) is 31.9 Å². The van der Waals surface area contributed by atoms with Crippen molar-refractivity contribution < 1.29 is 4.52 Å². The van der Waals surface area contributed by atoms with Gasteiger partial charge in [-0.25, -0.2) is 4.99 Å². The Hall–Kier alpha value is -1.89. The van der Waals surface area contributed by atoms with Gasteiger partial charge in [0.05, 0.1) is 0 Å². The average Bonchev–Trinajstić information content (AvgIpc) is 2.98. The molecule has 0 spiro atoms. The van der Waals surface area contributed by atoms with E-state index >= 15 is 0 Å². The Morgan fingerprint density at radius 1 is 1.61 bits per heavy atom. The third-order valence-electron chi connectivity index (χ3n) is 2.22. The van der Waals surface area contributed by atoms with Crippen molar-refractivity contribution in [1.82, 2.24) is 15.5 Å². The molecule has 0 fully saturated rings. The van der Waals surface area contributed by atoms with Crippen LogP contribution in [0.4, 0.5) is 0 Å². The summed E-state index contributed by atoms with van der Waals surface area (Å²) in [7, 11) is 0. The second-order valence-electron chi connectivity index (χ2n) is 3.69. The quantitative estimate of drug-likeness (QED) is 0.624. The lowest BCUT2D eigenvalue weighted by atomic mass is 10.3. The number of nitrogens with two attached hydrogens (primary N) is 1. The fraction of sp³-hybridized carbons (Fsp3) is 0.364. The number of guanidine groups is 1. The number of aromatic nitrogens is 2. The molecule has 0 amide bonds. The number of hydrogen-bond donors (Lipinski definition) is 2. The summed E-state index contributed by atoms with van der Waals surface area (Å²) in [5.74, 6) is 1.47. The Morgan fingerprint density at radius 2 is 2.50 bits per heavy atom. The molecule has 7 heteroatoms. The topological polar surface area (TPSA) is 89.3 Å². The third-order valence-corrected chi connectivity index (χ3v) is 3.15. The Morgan fingerprint density at radius 3 is 3.17 bits per heavy atom. The summed E-state index contributed by atoms with van der Waals surface area (Å²) in [5.41, 5.74) is 5.72. The fourth-order valence-electron chi connectivity index (χ4n) is 1.39. The molecule has 0 atom stereocenters. The maximum absolute atomic E-state index is 5.72. The van der Waals surface area contributed by atoms with Crippen LogP contribution in [-0.4, -0.2) is 22.6 Å². The van der Waals surface area contributed by atoms with Gasteiger partial charge in [0.25, 0.3) is 0 Å². The fourth-order valence-corrected chi connectivity index (χ4v) is 2.09. The maximum atomic E-state index is 5.72. The average molecular weight is 265 g/mol. The molecule has 0 bridgehead atoms. The number of nitrogens with zero attached hydrogens (tertiary/aromatic N) is 3. The molecular weight excluding hydrogens is 250 g/mol. The second kappa shape index (κ2) is 6.15. The van der Waals surface area contributed by atoms with Gasteiger partial charge in [-0.05, 0) is 17.9 Å². The first-order chi connectivity index (χ1) is 8.74. The molecule has 0 saturated carbocycles. The van der Waals surface area contributed by atoms with Crippen molar-refractivity contribution in [2.45, 2.75) is 19.9 Å². The van der Waals surface area contributed by atoms with Gasteiger partial charge in [0.2, 0.25) is 5.89 Å². The summed E-state index contributed by atoms with van der Waals surface area (Å²) in [6.45, 7) is 2.83. The number of aliphatic imine (C=N–C) groups is 1. The molecule has 96 valence electrons. The molecule has 0 aliphatic heterocycles. The monoisotopic (exact) mass is 265 g/mol. The zero-order chi connectivity index (χ0) is 12.8. The second-order valence-corrected chi connectivity index (χ2v) is 4.72. The lowest BCUT2D eigenvalue weighted by Gasteiger charge is -2.03. The summed E-state index contributed by atoms with van der Waals surface area (Å²) in [4.78, 5) is 9.49. The van der Waals surface area contributed by atoms with E-state index in [1.165, 1.54) is 4.88 Å². The molecule has 2 heterocycles. The molecule has 6 nitrogen and oxygen atoms in total. The summed E-state index contributed by atoms with van der Waals surface area (Å²) in [6, 6.07) is 4.14. The Balaban J connectivity index is 1.72. The molecule has 0 aromatic carbocycles. The van der Waals surface area contributed by atoms with Crippen molar-refractivity contribution in [3.63, 3.8) is 0 Å². The lowest BCUT2D eigenvalue weighted by molar-refractivity contribution is 0.387. The van der Waals surface area contributed by atoms with E-state index in [1.54, 1.807) is 18.3 Å². The molecule has 0 radical (unpaired) electrons. The van der Waals surface area contributed by atoms with Crippen molar-refractivity contribution in [2.24, 2.45) is 10.7 Å². The zero-order valence-corrected chi connectivity index (χ0v) is 10.9. The van der Waals surface area contributed by atoms with Crippen molar-refractivity contribution in [3.05, 3.63) is 34.1 Å². The van der Waals surface area contributed by atoms with Gasteiger partial charge in [-0.3, -0.25) is 0 Å². The van der Waals surface area contributed by atoms with Gasteiger partial charge in [-0.2, -0.15) is 4.98 Å². The molecule has 2 rings (SSSR count). The van der Waals surface area contributed by atoms with Gasteiger partial charge in [-0.1, -0.05) is 11.2 Å². The van der Waals surface area contributed by atoms with Crippen LogP contribution < -0.4 is 11.1 Å². The predicted octanol–water partition coefficient (Wildman–Crippen LogP) is 1.09. The summed E-state index contributed by atoms with van der Waals surface area (Å²) < 4.78 is 4.84. The highest BCUT2D eigenvalue weighted by molar-refractivity contribution is 7.09. The van der Waals surface area contributed by atoms with Crippen LogP contribution in [0.5, 0.6) is 0 Å². The number of rotatable bonds is 5. The van der Waals surface area contributed by atoms with E-state index in [4.69, 9.17) is 10.3 Å². The Bertz CT molecular complexity index is 505. The number of hydrogen-bond acceptors (Lipinski definition) is 5. The van der Waals surface area contributed by atoms with Crippen molar-refractivity contribution in [1.29, 1.82) is 0 Å². The number of aryl methyl sites for hydroxylation is 1. The van der Waals surface area contributed by atoms with Gasteiger partial charge in [0.15, 0.2) is 11.8 Å². The smallest absolute Gasteiger partial charge is 0.223 e. The van der Waals surface area contributed by atoms with Crippen LogP contribution in [0.15, 0.2) is 27.0 Å². The van der Waals surface area contributed by atoms with E-state index < -0.39 is 0 Å². The number of nitrogens with one attached hydrogen (secondary N) is 1. The number of thiophene rings is 1. The molecule has 0 saturated heterocycles. The van der Waals surface area contributed by atoms with E-state index in [9.17, 15) is 0 Å². The largest absolute Gasteiger partial charge is 0.370 e. The maximum Gasteiger partial charge on any atom is 0.223 e. The molecule has 2 aromatic heterocycles. The van der Waals surface area contributed by atoms with E-state index in [1.807, 2.05) is 6.07 Å². The van der Waals surface area contributed by atoms with Gasteiger partial charge in [0, 0.05) is 18.3 Å². The molecule has 3 N–H and O–H groups in total. The minimum atomic E-state index is 0.329. The zero-order valence-electron chi connectivity index (χ0n) is 10.1. The van der Waals surface area contributed by atoms with Crippen LogP contribution in [-0.2, 0) is 13.0 Å². The van der Waals surface area contributed by atoms with Crippen LogP contribution in [0.1, 0.15) is 16.6 Å². The molecule has 0 aliphatic carbocycles. The minimum Gasteiger partial charge on any atom is -0.370 e. The van der Waals surface area contributed by atoms with Gasteiger partial charge >= 0.3 is 0 Å². The summed E-state index contributed by atoms with van der Waals surface area (Å²) >= 11 is 1.73. The van der Waals surface area contributed by atoms with E-state index in [0.29, 0.717) is 24.2 Å². The van der Waals surface area contributed by atoms with Crippen LogP contribution in [0.3, 0.4) is 0 Å². The van der Waals surface area contributed by atoms with Gasteiger partial charge < -0.3 is 15.6 Å². The first kappa shape index (κ1) is 12.6. The Kier molecular flexibility index (Phi) is 4.30. The highest BCUT2D eigenvalue weighted by Crippen LogP contribution is 2.07. The van der Waals surface area contributed by atoms with Crippen molar-refractivity contribution in [3.8, 4) is 0 Å². The van der Waals surface area contributed by atoms with Gasteiger partial charge in [-0.15, -0.1) is 11.3 Å². The van der Waals surface area contributed by atoms with Crippen LogP contribution in [0.25, 0.3) is 0 Å². The van der Waals surface area contributed by atoms with Crippen LogP contribution in [0.2, 0.25) is 0 Å². The lowest BCUT2D eigenvalue weighted by Crippen LogP contribution is -2.33. The SMILES string of the molecule is Cc1nc(CN=C(N)NCCc2cccs2)no1. The Labute approximate surface area is 109 Å². The van der Waals surface area contributed by atoms with Crippen molar-refractivity contribution >= 4 is 17.3 Å². The summed E-state index contributed by atoms with van der Waals surface area (Å²) in [5, 5.41) is 8.84. The van der Waals surface area contributed by atoms with Crippen LogP contribution >= 0.6 is 11.3 Å². The molecule has 18 heavy (non-hydrogen) atoms. The van der Waals surface area contributed by atoms with Gasteiger partial charge in [0.1, 0.15) is 6.54 Å². The highest BCUT2D eigenvalue weighted by Gasteiger charge is 2.01. The summed E-state index contributed by atoms with van der Waals surface area (Å²) in [6.07, 6.45) is 0.940. The standard InChI is InChI=1S/C11H15N5OS/c1-8-15-10(16-17-8)7-14-11(12)13-5-4-9-3-2-6-18-9/h2-3,6H,4-5,7H2,1H3,(H3,12,13,14). The van der Waals surface area contributed by atoms with E-state index in [0.717, 1.165) is 13.0 Å². The molecule has 2 aromatic rings. The first-order valence-corrected chi connectivity index (χ1v) is 6.47. The third kappa shape index (κ3) is 3.85.